The van der Waals surface area contributed by atoms with Gasteiger partial charge in [0.1, 0.15) is 19.3 Å². The third-order valence-electron chi connectivity index (χ3n) is 7.71. The average molecular weight is 388 g/mol. The van der Waals surface area contributed by atoms with Gasteiger partial charge in [-0.1, -0.05) is 13.8 Å². The van der Waals surface area contributed by atoms with Gasteiger partial charge in [0.05, 0.1) is 0 Å². The Morgan fingerprint density at radius 3 is 2.75 bits per heavy atom. The first-order valence-corrected chi connectivity index (χ1v) is 10.2. The molecule has 1 saturated heterocycles. The normalized spacial score (nSPS) is 39.3. The van der Waals surface area contributed by atoms with Crippen LogP contribution in [-0.4, -0.2) is 37.2 Å². The highest BCUT2D eigenvalue weighted by Crippen LogP contribution is 2.64. The lowest BCUT2D eigenvalue weighted by Crippen LogP contribution is -2.53. The summed E-state index contributed by atoms with van der Waals surface area (Å²) in [5.74, 6) is -0.263. The molecule has 2 aliphatic heterocycles. The maximum absolute atomic E-state index is 12.5. The van der Waals surface area contributed by atoms with Gasteiger partial charge in [-0.15, -0.1) is 0 Å². The fraction of sp³-hybridized carbons (Fsp3) is 0.682. The fourth-order valence-corrected chi connectivity index (χ4v) is 5.93. The molecule has 0 aromatic rings. The molecule has 2 fully saturated rings. The summed E-state index contributed by atoms with van der Waals surface area (Å²) >= 11 is 0. The zero-order chi connectivity index (χ0) is 20.1. The molecule has 0 aromatic heterocycles. The summed E-state index contributed by atoms with van der Waals surface area (Å²) in [5, 5.41) is 0. The number of rotatable bonds is 4. The quantitative estimate of drug-likeness (QED) is 0.544. The minimum atomic E-state index is -0.406. The van der Waals surface area contributed by atoms with E-state index in [4.69, 9.17) is 14.2 Å². The number of ether oxygens (including phenoxy) is 3. The van der Waals surface area contributed by atoms with Crippen LogP contribution in [0.1, 0.15) is 52.9 Å². The van der Waals surface area contributed by atoms with Crippen molar-refractivity contribution in [3.05, 3.63) is 23.3 Å². The molecule has 1 spiro atoms. The summed E-state index contributed by atoms with van der Waals surface area (Å²) in [6.45, 7) is 6.68. The smallest absolute Gasteiger partial charge is 0.334 e. The first kappa shape index (κ1) is 19.2. The predicted octanol–water partition coefficient (Wildman–Crippen LogP) is 3.11. The number of hydrogen-bond donors (Lipinski definition) is 0. The van der Waals surface area contributed by atoms with E-state index in [1.54, 1.807) is 0 Å². The van der Waals surface area contributed by atoms with Crippen LogP contribution in [0.2, 0.25) is 0 Å². The van der Waals surface area contributed by atoms with Gasteiger partial charge in [-0.05, 0) is 61.5 Å². The first-order chi connectivity index (χ1) is 13.3. The maximum Gasteiger partial charge on any atom is 0.334 e. The third-order valence-corrected chi connectivity index (χ3v) is 7.71. The Bertz CT molecular complexity index is 780. The molecule has 5 atom stereocenters. The summed E-state index contributed by atoms with van der Waals surface area (Å²) in [6, 6.07) is 0. The monoisotopic (exact) mass is 388 g/mol. The molecule has 152 valence electrons. The molecule has 5 unspecified atom stereocenters. The number of carbonyl (C=O) groups is 3. The van der Waals surface area contributed by atoms with E-state index in [0.29, 0.717) is 37.5 Å². The number of esters is 3. The second-order valence-corrected chi connectivity index (χ2v) is 9.02. The van der Waals surface area contributed by atoms with Crippen LogP contribution in [0.3, 0.4) is 0 Å². The molecule has 0 radical (unpaired) electrons. The van der Waals surface area contributed by atoms with Crippen molar-refractivity contribution >= 4 is 17.9 Å². The van der Waals surface area contributed by atoms with Crippen molar-refractivity contribution in [3.63, 3.8) is 0 Å². The summed E-state index contributed by atoms with van der Waals surface area (Å²) in [7, 11) is 0. The van der Waals surface area contributed by atoms with E-state index in [-0.39, 0.29) is 34.7 Å². The zero-order valence-corrected chi connectivity index (χ0v) is 16.8. The molecule has 0 aromatic carbocycles. The van der Waals surface area contributed by atoms with Gasteiger partial charge < -0.3 is 14.2 Å². The summed E-state index contributed by atoms with van der Waals surface area (Å²) in [4.78, 5) is 36.0. The molecule has 0 bridgehead atoms. The minimum Gasteiger partial charge on any atom is -0.461 e. The zero-order valence-electron chi connectivity index (χ0n) is 16.8. The topological polar surface area (TPSA) is 78.9 Å². The molecule has 6 nitrogen and oxygen atoms in total. The van der Waals surface area contributed by atoms with Crippen LogP contribution in [0.4, 0.5) is 0 Å². The molecule has 6 heteroatoms. The van der Waals surface area contributed by atoms with Crippen LogP contribution < -0.4 is 0 Å². The molecule has 4 rings (SSSR count). The number of cyclic esters (lactones) is 2. The molecule has 0 N–H and O–H groups in total. The summed E-state index contributed by atoms with van der Waals surface area (Å²) in [6.07, 6.45) is 7.37. The first-order valence-electron chi connectivity index (χ1n) is 10.2. The Labute approximate surface area is 165 Å². The van der Waals surface area contributed by atoms with Crippen molar-refractivity contribution in [3.8, 4) is 0 Å². The maximum atomic E-state index is 12.5. The number of carbonyl (C=O) groups excluding carboxylic acids is 3. The summed E-state index contributed by atoms with van der Waals surface area (Å²) in [5.41, 5.74) is 1.02. The van der Waals surface area contributed by atoms with Crippen LogP contribution in [-0.2, 0) is 28.6 Å². The van der Waals surface area contributed by atoms with Gasteiger partial charge in [0.2, 0.25) is 0 Å². The molecule has 0 amide bonds. The second kappa shape index (κ2) is 6.75. The lowest BCUT2D eigenvalue weighted by molar-refractivity contribution is -0.149. The second-order valence-electron chi connectivity index (χ2n) is 9.02. The Morgan fingerprint density at radius 1 is 1.29 bits per heavy atom. The van der Waals surface area contributed by atoms with Crippen LogP contribution in [0.5, 0.6) is 0 Å². The van der Waals surface area contributed by atoms with E-state index < -0.39 is 6.10 Å². The Morgan fingerprint density at radius 2 is 2.07 bits per heavy atom. The third kappa shape index (κ3) is 2.88. The average Bonchev–Trinajstić information content (AvgIpc) is 3.20. The highest BCUT2D eigenvalue weighted by Gasteiger charge is 2.62. The van der Waals surface area contributed by atoms with Crippen molar-refractivity contribution in [2.24, 2.45) is 22.7 Å². The largest absolute Gasteiger partial charge is 0.461 e. The molecule has 2 heterocycles. The number of hydrogen-bond acceptors (Lipinski definition) is 6. The lowest BCUT2D eigenvalue weighted by Gasteiger charge is -2.57. The van der Waals surface area contributed by atoms with E-state index in [1.807, 2.05) is 12.2 Å². The molecule has 2 aliphatic carbocycles. The standard InChI is InChI=1S/C22H28O6/c1-13-4-8-22-12-27-20(25)17(22)10-16(28-14(2)23)11-18(22)21(13,3)7-5-15-6-9-26-19(15)24/h6,10,13,16,18H,4-5,7-9,11-12H2,1-3H3. The highest BCUT2D eigenvalue weighted by atomic mass is 16.6. The van der Waals surface area contributed by atoms with E-state index >= 15 is 0 Å². The molecular formula is C22H28O6. The van der Waals surface area contributed by atoms with Gasteiger partial charge in [-0.3, -0.25) is 4.79 Å². The van der Waals surface area contributed by atoms with E-state index in [0.717, 1.165) is 24.8 Å². The van der Waals surface area contributed by atoms with Gasteiger partial charge in [-0.2, -0.15) is 0 Å². The SMILES string of the molecule is CC(=O)OC1C=C2C(=O)OCC23CCC(C)C(C)(CCC2=CCOC2=O)C3C1. The van der Waals surface area contributed by atoms with Gasteiger partial charge in [0.25, 0.3) is 0 Å². The molecule has 4 aliphatic rings. The Balaban J connectivity index is 1.67. The van der Waals surface area contributed by atoms with Crippen molar-refractivity contribution < 1.29 is 28.6 Å². The summed E-state index contributed by atoms with van der Waals surface area (Å²) < 4.78 is 16.1. The molecule has 1 saturated carbocycles. The van der Waals surface area contributed by atoms with Crippen LogP contribution in [0.25, 0.3) is 0 Å². The molecular weight excluding hydrogens is 360 g/mol. The van der Waals surface area contributed by atoms with Gasteiger partial charge in [0, 0.05) is 23.5 Å². The van der Waals surface area contributed by atoms with Gasteiger partial charge in [0.15, 0.2) is 0 Å². The minimum absolute atomic E-state index is 0.103. The van der Waals surface area contributed by atoms with Crippen molar-refractivity contribution in [2.45, 2.75) is 59.0 Å². The van der Waals surface area contributed by atoms with Gasteiger partial charge in [-0.25, -0.2) is 9.59 Å². The van der Waals surface area contributed by atoms with E-state index in [9.17, 15) is 14.4 Å². The van der Waals surface area contributed by atoms with Crippen LogP contribution in [0.15, 0.2) is 23.3 Å². The van der Waals surface area contributed by atoms with Crippen molar-refractivity contribution in [1.82, 2.24) is 0 Å². The predicted molar refractivity (Wildman–Crippen MR) is 99.9 cm³/mol. The van der Waals surface area contributed by atoms with Crippen molar-refractivity contribution in [2.75, 3.05) is 13.2 Å². The Hall–Kier alpha value is -2.11. The van der Waals surface area contributed by atoms with E-state index in [1.165, 1.54) is 6.92 Å². The van der Waals surface area contributed by atoms with Crippen molar-refractivity contribution in [1.29, 1.82) is 0 Å². The highest BCUT2D eigenvalue weighted by molar-refractivity contribution is 5.93. The molecule has 28 heavy (non-hydrogen) atoms. The lowest BCUT2D eigenvalue weighted by atomic mass is 9.46. The Kier molecular flexibility index (Phi) is 4.63. The van der Waals surface area contributed by atoms with E-state index in [2.05, 4.69) is 13.8 Å². The van der Waals surface area contributed by atoms with Crippen LogP contribution in [0, 0.1) is 22.7 Å². The van der Waals surface area contributed by atoms with Crippen LogP contribution >= 0.6 is 0 Å². The van der Waals surface area contributed by atoms with Gasteiger partial charge >= 0.3 is 17.9 Å². The fourth-order valence-electron chi connectivity index (χ4n) is 5.93.